The van der Waals surface area contributed by atoms with Crippen molar-refractivity contribution in [3.63, 3.8) is 0 Å². The monoisotopic (exact) mass is 443 g/mol. The summed E-state index contributed by atoms with van der Waals surface area (Å²) in [5.41, 5.74) is 1.17. The van der Waals surface area contributed by atoms with Gasteiger partial charge in [-0.2, -0.15) is 0 Å². The Labute approximate surface area is 171 Å². The average Bonchev–Trinajstić information content (AvgIpc) is 2.95. The summed E-state index contributed by atoms with van der Waals surface area (Å²) in [5.74, 6) is -0.292. The summed E-state index contributed by atoms with van der Waals surface area (Å²) in [6.07, 6.45) is 6.33. The smallest absolute Gasteiger partial charge is 0.244 e. The zero-order chi connectivity index (χ0) is 17.4. The van der Waals surface area contributed by atoms with Crippen LogP contribution in [-0.4, -0.2) is 55.3 Å². The average molecular weight is 444 g/mol. The number of rotatable bonds is 4. The summed E-state index contributed by atoms with van der Waals surface area (Å²) in [4.78, 5) is 20.6. The van der Waals surface area contributed by atoms with Crippen LogP contribution in [0.25, 0.3) is 0 Å². The van der Waals surface area contributed by atoms with E-state index in [1.807, 2.05) is 0 Å². The molecule has 0 atom stereocenters. The van der Waals surface area contributed by atoms with Crippen molar-refractivity contribution in [1.29, 1.82) is 0 Å². The van der Waals surface area contributed by atoms with Crippen LogP contribution in [-0.2, 0) is 34.0 Å². The number of hydrogen-bond donors (Lipinski definition) is 1. The van der Waals surface area contributed by atoms with Crippen molar-refractivity contribution in [1.82, 2.24) is 15.2 Å². The first-order valence-corrected chi connectivity index (χ1v) is 11.2. The van der Waals surface area contributed by atoms with Crippen molar-refractivity contribution in [2.45, 2.75) is 49.8 Å². The van der Waals surface area contributed by atoms with Crippen LogP contribution in [0.5, 0.6) is 0 Å². The minimum absolute atomic E-state index is 0. The number of carbonyl (C=O) groups excluding carboxylic acids is 1. The van der Waals surface area contributed by atoms with Gasteiger partial charge in [0, 0.05) is 18.2 Å². The van der Waals surface area contributed by atoms with Crippen LogP contribution in [0.4, 0.5) is 0 Å². The topological polar surface area (TPSA) is 79.4 Å². The van der Waals surface area contributed by atoms with E-state index in [1.54, 1.807) is 23.3 Å². The maximum Gasteiger partial charge on any atom is 0.244 e. The van der Waals surface area contributed by atoms with Gasteiger partial charge in [0.15, 0.2) is 14.6 Å². The Balaban J connectivity index is 0.00000169. The lowest BCUT2D eigenvalue weighted by Crippen LogP contribution is -2.57. The molecular formula is C16H27Cl2N3O3S2. The number of fused-ring (bicyclic) bond motifs is 1. The van der Waals surface area contributed by atoms with Gasteiger partial charge in [0.05, 0.1) is 12.2 Å². The van der Waals surface area contributed by atoms with Gasteiger partial charge in [-0.05, 0) is 51.6 Å². The molecule has 0 spiro atoms. The van der Waals surface area contributed by atoms with E-state index in [4.69, 9.17) is 0 Å². The fourth-order valence-corrected chi connectivity index (χ4v) is 6.30. The van der Waals surface area contributed by atoms with Crippen LogP contribution in [0.3, 0.4) is 0 Å². The molecule has 2 aliphatic rings. The Morgan fingerprint density at radius 2 is 1.85 bits per heavy atom. The number of piperidine rings is 1. The number of hydrogen-bond acceptors (Lipinski definition) is 6. The van der Waals surface area contributed by atoms with Gasteiger partial charge in [-0.25, -0.2) is 13.4 Å². The number of halogens is 2. The Bertz CT molecular complexity index is 708. The largest absolute Gasteiger partial charge is 0.338 e. The molecule has 0 radical (unpaired) electrons. The molecule has 2 heterocycles. The second-order valence-corrected chi connectivity index (χ2v) is 10.4. The van der Waals surface area contributed by atoms with Crippen molar-refractivity contribution >= 4 is 51.9 Å². The third-order valence-corrected chi connectivity index (χ3v) is 8.26. The molecule has 1 aliphatic carbocycles. The van der Waals surface area contributed by atoms with E-state index in [-0.39, 0.29) is 30.7 Å². The summed E-state index contributed by atoms with van der Waals surface area (Å²) in [7, 11) is -1.78. The number of aromatic nitrogens is 1. The van der Waals surface area contributed by atoms with Crippen molar-refractivity contribution in [3.8, 4) is 0 Å². The first-order chi connectivity index (χ1) is 11.3. The van der Waals surface area contributed by atoms with Gasteiger partial charge in [-0.15, -0.1) is 36.2 Å². The summed E-state index contributed by atoms with van der Waals surface area (Å²) in [6.45, 7) is 1.50. The van der Waals surface area contributed by atoms with Crippen LogP contribution in [0.1, 0.15) is 41.3 Å². The van der Waals surface area contributed by atoms with E-state index in [0.29, 0.717) is 32.5 Å². The zero-order valence-electron chi connectivity index (χ0n) is 15.1. The van der Waals surface area contributed by atoms with Gasteiger partial charge in [0.2, 0.25) is 5.91 Å². The molecule has 1 aliphatic heterocycles. The molecular weight excluding hydrogens is 417 g/mol. The number of nitrogens with zero attached hydrogens (tertiary/aromatic N) is 2. The lowest BCUT2D eigenvalue weighted by atomic mass is 9.95. The van der Waals surface area contributed by atoms with Crippen molar-refractivity contribution < 1.29 is 13.2 Å². The Morgan fingerprint density at radius 3 is 2.42 bits per heavy atom. The minimum Gasteiger partial charge on any atom is -0.338 e. The third-order valence-electron chi connectivity index (χ3n) is 5.12. The zero-order valence-corrected chi connectivity index (χ0v) is 18.4. The minimum atomic E-state index is -3.47. The first-order valence-electron chi connectivity index (χ1n) is 8.47. The van der Waals surface area contributed by atoms with E-state index >= 15 is 0 Å². The second kappa shape index (κ2) is 9.19. The second-order valence-electron chi connectivity index (χ2n) is 6.86. The van der Waals surface area contributed by atoms with Gasteiger partial charge in [0.25, 0.3) is 0 Å². The maximum atomic E-state index is 13.0. The number of aryl methyl sites for hydroxylation is 2. The molecule has 150 valence electrons. The van der Waals surface area contributed by atoms with Crippen LogP contribution >= 0.6 is 36.2 Å². The molecule has 26 heavy (non-hydrogen) atoms. The summed E-state index contributed by atoms with van der Waals surface area (Å²) >= 11 is 1.67. The van der Waals surface area contributed by atoms with Crippen LogP contribution in [0.15, 0.2) is 0 Å². The van der Waals surface area contributed by atoms with Crippen LogP contribution in [0.2, 0.25) is 0 Å². The van der Waals surface area contributed by atoms with E-state index in [0.717, 1.165) is 17.8 Å². The van der Waals surface area contributed by atoms with E-state index in [1.165, 1.54) is 29.7 Å². The van der Waals surface area contributed by atoms with Gasteiger partial charge in [-0.3, -0.25) is 4.79 Å². The van der Waals surface area contributed by atoms with Gasteiger partial charge in [0.1, 0.15) is 5.01 Å². The van der Waals surface area contributed by atoms with E-state index in [2.05, 4.69) is 10.3 Å². The van der Waals surface area contributed by atoms with E-state index < -0.39 is 14.6 Å². The Hall–Kier alpha value is -0.410. The van der Waals surface area contributed by atoms with Crippen molar-refractivity contribution in [3.05, 3.63) is 15.6 Å². The quantitative estimate of drug-likeness (QED) is 0.769. The highest BCUT2D eigenvalue weighted by Crippen LogP contribution is 2.31. The summed E-state index contributed by atoms with van der Waals surface area (Å²) in [6, 6.07) is 0. The molecule has 1 saturated heterocycles. The SMILES string of the molecule is CN(Cc1nc2c(s1)CCCC2)C(=O)C1(S(C)(=O)=O)CCNCC1.Cl.Cl. The summed E-state index contributed by atoms with van der Waals surface area (Å²) < 4.78 is 23.5. The molecule has 1 N–H and O–H groups in total. The molecule has 0 unspecified atom stereocenters. The van der Waals surface area contributed by atoms with Crippen molar-refractivity contribution in [2.75, 3.05) is 26.4 Å². The Kier molecular flexibility index (Phi) is 8.35. The molecule has 1 aromatic rings. The predicted octanol–water partition coefficient (Wildman–Crippen LogP) is 1.99. The first kappa shape index (κ1) is 23.6. The highest BCUT2D eigenvalue weighted by atomic mass is 35.5. The number of carbonyl (C=O) groups is 1. The molecule has 10 heteroatoms. The van der Waals surface area contributed by atoms with Gasteiger partial charge in [-0.1, -0.05) is 0 Å². The fourth-order valence-electron chi connectivity index (χ4n) is 3.67. The predicted molar refractivity (Wildman–Crippen MR) is 109 cm³/mol. The molecule has 3 rings (SSSR count). The summed E-state index contributed by atoms with van der Waals surface area (Å²) in [5, 5.41) is 4.05. The fraction of sp³-hybridized carbons (Fsp3) is 0.750. The molecule has 1 fully saturated rings. The Morgan fingerprint density at radius 1 is 1.23 bits per heavy atom. The normalized spacial score (nSPS) is 18.8. The van der Waals surface area contributed by atoms with Crippen LogP contribution < -0.4 is 5.32 Å². The molecule has 0 bridgehead atoms. The van der Waals surface area contributed by atoms with Crippen molar-refractivity contribution in [2.24, 2.45) is 0 Å². The highest BCUT2D eigenvalue weighted by molar-refractivity contribution is 7.92. The lowest BCUT2D eigenvalue weighted by Gasteiger charge is -2.37. The standard InChI is InChI=1S/C16H25N3O3S2.2ClH/c1-19(11-14-18-12-5-3-4-6-13(12)23-14)15(20)16(24(2,21)22)7-9-17-10-8-16;;/h17H,3-11H2,1-2H3;2*1H. The number of nitrogens with one attached hydrogen (secondary N) is 1. The third kappa shape index (κ3) is 4.52. The number of amides is 1. The van der Waals surface area contributed by atoms with Crippen LogP contribution in [0, 0.1) is 0 Å². The molecule has 0 aromatic carbocycles. The molecule has 0 saturated carbocycles. The molecule has 1 aromatic heterocycles. The highest BCUT2D eigenvalue weighted by Gasteiger charge is 2.50. The molecule has 6 nitrogen and oxygen atoms in total. The van der Waals surface area contributed by atoms with Gasteiger partial charge < -0.3 is 10.2 Å². The maximum absolute atomic E-state index is 13.0. The number of thiazole rings is 1. The number of sulfone groups is 1. The lowest BCUT2D eigenvalue weighted by molar-refractivity contribution is -0.134. The molecule has 1 amide bonds. The van der Waals surface area contributed by atoms with E-state index in [9.17, 15) is 13.2 Å². The van der Waals surface area contributed by atoms with Gasteiger partial charge >= 0.3 is 0 Å².